The summed E-state index contributed by atoms with van der Waals surface area (Å²) in [7, 11) is 1.28. The lowest BCUT2D eigenvalue weighted by atomic mass is 10.2. The molecule has 0 spiro atoms. The Bertz CT molecular complexity index is 291. The second kappa shape index (κ2) is 3.17. The van der Waals surface area contributed by atoms with Crippen molar-refractivity contribution < 1.29 is 9.76 Å². The molecular formula is C7H10N3O2+. The van der Waals surface area contributed by atoms with Gasteiger partial charge in [0.05, 0.1) is 4.91 Å². The largest absolute Gasteiger partial charge is 0.378 e. The number of hydrogen-bond donors (Lipinski definition) is 1. The Morgan fingerprint density at radius 1 is 1.67 bits per heavy atom. The third-order valence-corrected chi connectivity index (χ3v) is 1.50. The van der Waals surface area contributed by atoms with Gasteiger partial charge in [-0.25, -0.2) is 9.82 Å². The van der Waals surface area contributed by atoms with E-state index in [0.717, 1.165) is 5.56 Å². The number of pyridine rings is 1. The zero-order chi connectivity index (χ0) is 9.14. The van der Waals surface area contributed by atoms with Crippen molar-refractivity contribution in [2.75, 3.05) is 12.8 Å². The molecule has 12 heavy (non-hydrogen) atoms. The van der Waals surface area contributed by atoms with Crippen LogP contribution in [0.4, 0.5) is 11.5 Å². The zero-order valence-electron chi connectivity index (χ0n) is 6.94. The van der Waals surface area contributed by atoms with Crippen LogP contribution in [0.25, 0.3) is 0 Å². The van der Waals surface area contributed by atoms with Crippen molar-refractivity contribution in [1.82, 2.24) is 4.98 Å². The van der Waals surface area contributed by atoms with Crippen molar-refractivity contribution in [1.29, 1.82) is 0 Å². The third-order valence-electron chi connectivity index (χ3n) is 1.50. The minimum atomic E-state index is 0.173. The minimum absolute atomic E-state index is 0.173. The number of aryl methyl sites for hydroxylation is 1. The molecule has 0 fully saturated rings. The van der Waals surface area contributed by atoms with E-state index in [0.29, 0.717) is 4.92 Å². The molecule has 1 aromatic rings. The first-order chi connectivity index (χ1) is 5.66. The Balaban J connectivity index is 3.21. The van der Waals surface area contributed by atoms with Gasteiger partial charge in [0, 0.05) is 11.8 Å². The fourth-order valence-corrected chi connectivity index (χ4v) is 0.900. The maximum atomic E-state index is 11.0. The average molecular weight is 168 g/mol. The first-order valence-electron chi connectivity index (χ1n) is 3.39. The van der Waals surface area contributed by atoms with Gasteiger partial charge in [0.15, 0.2) is 7.11 Å². The highest BCUT2D eigenvalue weighted by Crippen LogP contribution is 2.22. The number of nitrogens with zero attached hydrogens (tertiary/aromatic N) is 2. The lowest BCUT2D eigenvalue weighted by Gasteiger charge is -1.95. The van der Waals surface area contributed by atoms with Crippen LogP contribution in [0, 0.1) is 11.8 Å². The quantitative estimate of drug-likeness (QED) is 0.667. The highest BCUT2D eigenvalue weighted by molar-refractivity contribution is 5.55. The molecule has 0 aliphatic rings. The monoisotopic (exact) mass is 168 g/mol. The Morgan fingerprint density at radius 2 is 2.33 bits per heavy atom. The molecule has 0 bridgehead atoms. The van der Waals surface area contributed by atoms with E-state index in [9.17, 15) is 4.91 Å². The molecule has 64 valence electrons. The number of anilines is 1. The fourth-order valence-electron chi connectivity index (χ4n) is 0.900. The van der Waals surface area contributed by atoms with E-state index < -0.39 is 0 Å². The molecule has 0 aliphatic carbocycles. The Hall–Kier alpha value is -1.65. The molecule has 5 heteroatoms. The van der Waals surface area contributed by atoms with Crippen molar-refractivity contribution in [3.05, 3.63) is 22.7 Å². The van der Waals surface area contributed by atoms with E-state index in [2.05, 4.69) is 9.82 Å². The molecule has 1 aromatic heterocycles. The van der Waals surface area contributed by atoms with Crippen LogP contribution in [0.3, 0.4) is 0 Å². The number of aromatic nitrogens is 1. The first-order valence-corrected chi connectivity index (χ1v) is 3.39. The van der Waals surface area contributed by atoms with Crippen LogP contribution in [0.5, 0.6) is 0 Å². The van der Waals surface area contributed by atoms with Gasteiger partial charge in [0.1, 0.15) is 0 Å². The topological polar surface area (TPSA) is 68.2 Å². The minimum Gasteiger partial charge on any atom is -0.378 e. The molecule has 5 nitrogen and oxygen atoms in total. The molecule has 0 aliphatic heterocycles. The van der Waals surface area contributed by atoms with Gasteiger partial charge < -0.3 is 5.73 Å². The molecule has 0 amide bonds. The van der Waals surface area contributed by atoms with E-state index in [-0.39, 0.29) is 11.5 Å². The smallest absolute Gasteiger partial charge is 0.361 e. The van der Waals surface area contributed by atoms with E-state index in [1.807, 2.05) is 0 Å². The van der Waals surface area contributed by atoms with Crippen LogP contribution in [0.1, 0.15) is 5.56 Å². The van der Waals surface area contributed by atoms with Crippen molar-refractivity contribution in [3.63, 3.8) is 0 Å². The first kappa shape index (κ1) is 8.45. The van der Waals surface area contributed by atoms with Crippen molar-refractivity contribution in [3.8, 4) is 0 Å². The average Bonchev–Trinajstić information content (AvgIpc) is 2.03. The summed E-state index contributed by atoms with van der Waals surface area (Å²) in [6.07, 6.45) is 1.54. The summed E-state index contributed by atoms with van der Waals surface area (Å²) in [5.41, 5.74) is 6.46. The molecule has 0 radical (unpaired) electrons. The number of nitrogen functional groups attached to an aromatic ring is 1. The number of rotatable bonds is 2. The van der Waals surface area contributed by atoms with Crippen LogP contribution in [-0.2, 0) is 4.84 Å². The van der Waals surface area contributed by atoms with Crippen LogP contribution < -0.4 is 5.73 Å². The summed E-state index contributed by atoms with van der Waals surface area (Å²) in [4.78, 5) is 19.6. The van der Waals surface area contributed by atoms with Gasteiger partial charge in [-0.3, -0.25) is 0 Å². The number of nitrogens with two attached hydrogens (primary N) is 1. The van der Waals surface area contributed by atoms with Crippen LogP contribution >= 0.6 is 0 Å². The van der Waals surface area contributed by atoms with Crippen LogP contribution in [-0.4, -0.2) is 17.0 Å². The van der Waals surface area contributed by atoms with Gasteiger partial charge >= 0.3 is 5.69 Å². The van der Waals surface area contributed by atoms with Crippen molar-refractivity contribution in [2.45, 2.75) is 6.92 Å². The normalized spacial score (nSPS) is 9.50. The summed E-state index contributed by atoms with van der Waals surface area (Å²) in [5, 5.41) is 0. The lowest BCUT2D eigenvalue weighted by Crippen LogP contribution is -2.05. The number of hydrogen-bond acceptors (Lipinski definition) is 4. The molecule has 1 heterocycles. The summed E-state index contributed by atoms with van der Waals surface area (Å²) < 4.78 is 0. The van der Waals surface area contributed by atoms with Gasteiger partial charge in [-0.2, -0.15) is 0 Å². The second-order valence-electron chi connectivity index (χ2n) is 2.30. The molecule has 1 rings (SSSR count). The van der Waals surface area contributed by atoms with Gasteiger partial charge in [-0.1, -0.05) is 0 Å². The molecule has 0 atom stereocenters. The molecule has 0 aromatic carbocycles. The highest BCUT2D eigenvalue weighted by atomic mass is 16.8. The van der Waals surface area contributed by atoms with E-state index >= 15 is 0 Å². The van der Waals surface area contributed by atoms with Crippen molar-refractivity contribution in [2.24, 2.45) is 0 Å². The van der Waals surface area contributed by atoms with E-state index in [4.69, 9.17) is 5.73 Å². The van der Waals surface area contributed by atoms with E-state index in [1.54, 1.807) is 13.0 Å². The van der Waals surface area contributed by atoms with E-state index in [1.165, 1.54) is 13.3 Å². The van der Waals surface area contributed by atoms with Gasteiger partial charge in [-0.05, 0) is 13.0 Å². The summed E-state index contributed by atoms with van der Waals surface area (Å²) in [5.74, 6) is 0.173. The molecular weight excluding hydrogens is 158 g/mol. The lowest BCUT2D eigenvalue weighted by molar-refractivity contribution is -0.736. The van der Waals surface area contributed by atoms with Crippen LogP contribution in [0.2, 0.25) is 0 Å². The fraction of sp³-hybridized carbons (Fsp3) is 0.286. The summed E-state index contributed by atoms with van der Waals surface area (Å²) in [6.45, 7) is 1.76. The SMILES string of the molecule is CO[N+](=O)c1c(C)ccnc1N. The molecule has 0 saturated carbocycles. The molecule has 2 N–H and O–H groups in total. The van der Waals surface area contributed by atoms with Gasteiger partial charge in [0.2, 0.25) is 5.82 Å². The zero-order valence-corrected chi connectivity index (χ0v) is 6.94. The molecule has 0 unspecified atom stereocenters. The summed E-state index contributed by atoms with van der Waals surface area (Å²) in [6, 6.07) is 1.69. The Labute approximate surface area is 69.7 Å². The Morgan fingerprint density at radius 3 is 2.83 bits per heavy atom. The second-order valence-corrected chi connectivity index (χ2v) is 2.30. The predicted molar refractivity (Wildman–Crippen MR) is 43.7 cm³/mol. The maximum absolute atomic E-state index is 11.0. The maximum Gasteiger partial charge on any atom is 0.361 e. The third kappa shape index (κ3) is 1.34. The van der Waals surface area contributed by atoms with Crippen molar-refractivity contribution >= 4 is 11.5 Å². The summed E-state index contributed by atoms with van der Waals surface area (Å²) >= 11 is 0. The predicted octanol–water partition coefficient (Wildman–Crippen LogP) is 0.944. The van der Waals surface area contributed by atoms with Gasteiger partial charge in [0.25, 0.3) is 4.92 Å². The molecule has 0 saturated heterocycles. The standard InChI is InChI=1S/C7H10N3O2/c1-5-3-4-9-7(8)6(5)10(11)12-2/h3-4H,1-2H3,(H2,8,9)/q+1. The Kier molecular flexibility index (Phi) is 2.23. The van der Waals surface area contributed by atoms with Crippen LogP contribution in [0.15, 0.2) is 12.3 Å². The van der Waals surface area contributed by atoms with Gasteiger partial charge in [-0.15, -0.1) is 0 Å². The highest BCUT2D eigenvalue weighted by Gasteiger charge is 2.22.